The van der Waals surface area contributed by atoms with Crippen molar-refractivity contribution in [1.29, 1.82) is 0 Å². The number of likely N-dealkylation sites (tertiary alicyclic amines) is 1. The van der Waals surface area contributed by atoms with Gasteiger partial charge in [0.05, 0.1) is 24.4 Å². The highest BCUT2D eigenvalue weighted by Gasteiger charge is 2.27. The van der Waals surface area contributed by atoms with Gasteiger partial charge < -0.3 is 10.0 Å². The van der Waals surface area contributed by atoms with Gasteiger partial charge in [0.15, 0.2) is 5.69 Å². The van der Waals surface area contributed by atoms with Crippen LogP contribution in [0.15, 0.2) is 6.20 Å². The quantitative estimate of drug-likeness (QED) is 0.875. The number of aromatic nitrogens is 5. The zero-order chi connectivity index (χ0) is 18.1. The molecule has 2 aromatic rings. The van der Waals surface area contributed by atoms with Crippen molar-refractivity contribution in [2.24, 2.45) is 7.05 Å². The molecular formula is C16H22N6O3. The highest BCUT2D eigenvalue weighted by molar-refractivity contribution is 5.84. The average Bonchev–Trinajstić information content (AvgIpc) is 3.16. The highest BCUT2D eigenvalue weighted by atomic mass is 16.4. The van der Waals surface area contributed by atoms with E-state index < -0.39 is 5.97 Å². The lowest BCUT2D eigenvalue weighted by Gasteiger charge is -2.32. The summed E-state index contributed by atoms with van der Waals surface area (Å²) in [6.07, 6.45) is 3.45. The van der Waals surface area contributed by atoms with Crippen molar-refractivity contribution < 1.29 is 14.7 Å². The lowest BCUT2D eigenvalue weighted by molar-refractivity contribution is -0.132. The fourth-order valence-electron chi connectivity index (χ4n) is 3.29. The number of hydrogen-bond donors (Lipinski definition) is 1. The number of nitrogens with zero attached hydrogens (tertiary/aromatic N) is 6. The second-order valence-electron chi connectivity index (χ2n) is 6.47. The van der Waals surface area contributed by atoms with E-state index >= 15 is 0 Å². The molecule has 0 radical (unpaired) electrons. The van der Waals surface area contributed by atoms with Crippen molar-refractivity contribution in [3.05, 3.63) is 28.8 Å². The molecule has 2 aromatic heterocycles. The third kappa shape index (κ3) is 3.40. The van der Waals surface area contributed by atoms with Crippen LogP contribution in [0, 0.1) is 13.8 Å². The molecular weight excluding hydrogens is 324 g/mol. The molecule has 1 aliphatic rings. The Morgan fingerprint density at radius 3 is 2.72 bits per heavy atom. The highest BCUT2D eigenvalue weighted by Crippen LogP contribution is 2.22. The summed E-state index contributed by atoms with van der Waals surface area (Å²) in [6, 6.07) is -0.0469. The summed E-state index contributed by atoms with van der Waals surface area (Å²) in [5.41, 5.74) is 2.78. The molecule has 0 bridgehead atoms. The molecule has 1 unspecified atom stereocenters. The Kier molecular flexibility index (Phi) is 4.56. The summed E-state index contributed by atoms with van der Waals surface area (Å²) in [7, 11) is 1.87. The van der Waals surface area contributed by atoms with Gasteiger partial charge in [-0.25, -0.2) is 9.48 Å². The first-order valence-electron chi connectivity index (χ1n) is 8.28. The Labute approximate surface area is 145 Å². The van der Waals surface area contributed by atoms with Gasteiger partial charge in [0.25, 0.3) is 0 Å². The SMILES string of the molecule is Cc1nn(C)c(C)c1CC(=O)N1CCCC(n2cc(C(=O)O)nn2)C1. The van der Waals surface area contributed by atoms with Gasteiger partial charge in [0.1, 0.15) is 0 Å². The summed E-state index contributed by atoms with van der Waals surface area (Å²) in [5, 5.41) is 20.9. The van der Waals surface area contributed by atoms with E-state index in [-0.39, 0.29) is 17.6 Å². The maximum atomic E-state index is 12.7. The fourth-order valence-corrected chi connectivity index (χ4v) is 3.29. The minimum Gasteiger partial charge on any atom is -0.476 e. The maximum Gasteiger partial charge on any atom is 0.358 e. The molecule has 1 amide bonds. The second-order valence-corrected chi connectivity index (χ2v) is 6.47. The molecule has 0 spiro atoms. The van der Waals surface area contributed by atoms with Gasteiger partial charge in [0, 0.05) is 31.4 Å². The van der Waals surface area contributed by atoms with Crippen LogP contribution in [-0.2, 0) is 18.3 Å². The molecule has 0 aliphatic carbocycles. The Morgan fingerprint density at radius 2 is 2.12 bits per heavy atom. The van der Waals surface area contributed by atoms with Crippen molar-refractivity contribution >= 4 is 11.9 Å². The van der Waals surface area contributed by atoms with E-state index in [1.54, 1.807) is 9.36 Å². The van der Waals surface area contributed by atoms with E-state index in [9.17, 15) is 9.59 Å². The first-order valence-corrected chi connectivity index (χ1v) is 8.28. The number of carboxylic acids is 1. The predicted octanol–water partition coefficient (Wildman–Crippen LogP) is 0.733. The number of carbonyl (C=O) groups is 2. The number of aromatic carboxylic acids is 1. The molecule has 25 heavy (non-hydrogen) atoms. The van der Waals surface area contributed by atoms with E-state index in [0.29, 0.717) is 19.5 Å². The average molecular weight is 346 g/mol. The molecule has 0 saturated carbocycles. The number of piperidine rings is 1. The number of hydrogen-bond acceptors (Lipinski definition) is 5. The Balaban J connectivity index is 1.70. The number of carbonyl (C=O) groups excluding carboxylic acids is 1. The van der Waals surface area contributed by atoms with Crippen LogP contribution < -0.4 is 0 Å². The molecule has 3 rings (SSSR count). The van der Waals surface area contributed by atoms with Gasteiger partial charge in [0.2, 0.25) is 5.91 Å². The van der Waals surface area contributed by atoms with Crippen LogP contribution in [0.1, 0.15) is 46.3 Å². The number of amides is 1. The van der Waals surface area contributed by atoms with Crippen LogP contribution in [0.4, 0.5) is 0 Å². The van der Waals surface area contributed by atoms with Gasteiger partial charge in [-0.2, -0.15) is 5.10 Å². The molecule has 1 fully saturated rings. The number of carboxylic acid groups (broad SMARTS) is 1. The number of rotatable bonds is 4. The molecule has 1 aliphatic heterocycles. The standard InChI is InChI=1S/C16H22N6O3/c1-10-13(11(2)20(3)18-10)7-15(23)21-6-4-5-12(8-21)22-9-14(16(24)25)17-19-22/h9,12H,4-8H2,1-3H3,(H,24,25). The van der Waals surface area contributed by atoms with Crippen molar-refractivity contribution in [2.45, 2.75) is 39.2 Å². The van der Waals surface area contributed by atoms with Crippen LogP contribution in [0.2, 0.25) is 0 Å². The monoisotopic (exact) mass is 346 g/mol. The fraction of sp³-hybridized carbons (Fsp3) is 0.562. The Bertz CT molecular complexity index is 809. The Morgan fingerprint density at radius 1 is 1.36 bits per heavy atom. The van der Waals surface area contributed by atoms with Crippen molar-refractivity contribution in [2.75, 3.05) is 13.1 Å². The topological polar surface area (TPSA) is 106 Å². The van der Waals surface area contributed by atoms with E-state index in [2.05, 4.69) is 15.4 Å². The van der Waals surface area contributed by atoms with Crippen LogP contribution in [-0.4, -0.2) is 59.7 Å². The summed E-state index contributed by atoms with van der Waals surface area (Å²) >= 11 is 0. The van der Waals surface area contributed by atoms with Crippen LogP contribution in [0.5, 0.6) is 0 Å². The molecule has 9 heteroatoms. The van der Waals surface area contributed by atoms with Crippen molar-refractivity contribution in [3.8, 4) is 0 Å². The third-order valence-electron chi connectivity index (χ3n) is 4.84. The number of aryl methyl sites for hydroxylation is 2. The zero-order valence-corrected chi connectivity index (χ0v) is 14.6. The van der Waals surface area contributed by atoms with Gasteiger partial charge >= 0.3 is 5.97 Å². The summed E-state index contributed by atoms with van der Waals surface area (Å²) in [5.74, 6) is -1.04. The van der Waals surface area contributed by atoms with Crippen molar-refractivity contribution in [3.63, 3.8) is 0 Å². The predicted molar refractivity (Wildman–Crippen MR) is 88.2 cm³/mol. The second kappa shape index (κ2) is 6.66. The van der Waals surface area contributed by atoms with Gasteiger partial charge in [-0.3, -0.25) is 9.48 Å². The van der Waals surface area contributed by atoms with E-state index in [1.807, 2.05) is 25.8 Å². The molecule has 1 atom stereocenters. The van der Waals surface area contributed by atoms with E-state index in [4.69, 9.17) is 5.11 Å². The molecule has 1 N–H and O–H groups in total. The largest absolute Gasteiger partial charge is 0.476 e. The zero-order valence-electron chi connectivity index (χ0n) is 14.6. The normalized spacial score (nSPS) is 17.7. The Hall–Kier alpha value is -2.71. The minimum absolute atomic E-state index is 0.0469. The molecule has 3 heterocycles. The molecule has 134 valence electrons. The summed E-state index contributed by atoms with van der Waals surface area (Å²) in [6.45, 7) is 5.09. The first kappa shape index (κ1) is 17.1. The minimum atomic E-state index is -1.10. The summed E-state index contributed by atoms with van der Waals surface area (Å²) in [4.78, 5) is 25.5. The molecule has 9 nitrogen and oxygen atoms in total. The van der Waals surface area contributed by atoms with Crippen LogP contribution >= 0.6 is 0 Å². The molecule has 0 aromatic carbocycles. The van der Waals surface area contributed by atoms with Crippen molar-refractivity contribution in [1.82, 2.24) is 29.7 Å². The third-order valence-corrected chi connectivity index (χ3v) is 4.84. The van der Waals surface area contributed by atoms with Gasteiger partial charge in [-0.05, 0) is 26.7 Å². The van der Waals surface area contributed by atoms with Crippen LogP contribution in [0.3, 0.4) is 0 Å². The van der Waals surface area contributed by atoms with Gasteiger partial charge in [-0.15, -0.1) is 5.10 Å². The van der Waals surface area contributed by atoms with Crippen LogP contribution in [0.25, 0.3) is 0 Å². The first-order chi connectivity index (χ1) is 11.9. The van der Waals surface area contributed by atoms with E-state index in [0.717, 1.165) is 29.8 Å². The van der Waals surface area contributed by atoms with E-state index in [1.165, 1.54) is 6.20 Å². The smallest absolute Gasteiger partial charge is 0.358 e. The molecule has 1 saturated heterocycles. The summed E-state index contributed by atoms with van der Waals surface area (Å²) < 4.78 is 3.35. The lowest BCUT2D eigenvalue weighted by Crippen LogP contribution is -2.41. The lowest BCUT2D eigenvalue weighted by atomic mass is 10.0. The van der Waals surface area contributed by atoms with Gasteiger partial charge in [-0.1, -0.05) is 5.21 Å². The maximum absolute atomic E-state index is 12.7.